The Morgan fingerprint density at radius 2 is 0.941 bits per heavy atom. The maximum atomic E-state index is 7.46. The standard InChI is InChI=1S/C110H98B2N4OS/c1-109(2,3)83-55-43-81(44-56-83)92-37-26-38-93(82-45-57-84(58-46-82)110(4,5)6)108(92)116-99-72-104-97(112-95-40-23-25-42-102(95)117-103-69-91(70-105(118-104)107(103)112)114(88-63-51-79(52-64-88)75-31-16-9-17-32-75)89-65-53-80(54-66-89)76-33-18-10-19-34-76)71-96(99)111-94-39-22-24-41-98(94)115(85-35-20-11-21-36-85)100-67-90(68-101(116)106(100)111)113(86-59-47-77(48-60-86)73-27-12-7-13-28-73)87-61-49-78(50-62-87)74-29-14-8-15-30-74/h7-23,25-40,42-48,51-60,63-72,78,87,94,97-98,101,104,106H,24,41,49-50,61-62H2,1-6H3. The van der Waals surface area contributed by atoms with Gasteiger partial charge in [-0.3, -0.25) is 0 Å². The third-order valence-electron chi connectivity index (χ3n) is 27.0. The molecule has 0 radical (unpaired) electrons. The minimum absolute atomic E-state index is 0.00431. The summed E-state index contributed by atoms with van der Waals surface area (Å²) in [6.45, 7) is 14.2. The SMILES string of the molecule is CC(C)(C)c1ccc(-c2cccc(-c3ccc(C(C)(C)C)cc3)c2N2C3=CC4Sc5cc(N(c6ccc(-c7ccccc7)cc6)c6ccc(-c7ccccc7)cc6)cc6c5B(c5ccccc5O6)C4C=C3B3C4C=CCCC4N(c4ccccc4)C4=CC(N(c5ccc(-c6ccccc6)cc5)C5CCC(c6ccccc6)CC5)=CC2C34)cc1. The monoisotopic (exact) mass is 1540 g/mol. The maximum Gasteiger partial charge on any atom is 0.228 e. The zero-order valence-electron chi connectivity index (χ0n) is 68.3. The fourth-order valence-electron chi connectivity index (χ4n) is 21.3. The molecule has 0 aromatic heterocycles. The second-order valence-electron chi connectivity index (χ2n) is 36.0. The molecule has 6 atom stereocenters. The smallest absolute Gasteiger partial charge is 0.228 e. The lowest BCUT2D eigenvalue weighted by atomic mass is 9.22. The second kappa shape index (κ2) is 30.2. The zero-order valence-corrected chi connectivity index (χ0v) is 69.1. The topological polar surface area (TPSA) is 22.2 Å². The lowest BCUT2D eigenvalue weighted by Crippen LogP contribution is -2.63. The van der Waals surface area contributed by atoms with E-state index in [0.29, 0.717) is 5.92 Å². The summed E-state index contributed by atoms with van der Waals surface area (Å²) in [4.78, 5) is 12.4. The Morgan fingerprint density at radius 3 is 1.50 bits per heavy atom. The molecule has 8 heteroatoms. The van der Waals surface area contributed by atoms with E-state index in [1.165, 1.54) is 128 Å². The number of ether oxygens (including phenoxy) is 1. The summed E-state index contributed by atoms with van der Waals surface area (Å²) in [5.41, 5.74) is 31.1. The quantitative estimate of drug-likeness (QED) is 0.0794. The molecule has 0 amide bonds. The number of anilines is 6. The van der Waals surface area contributed by atoms with Crippen molar-refractivity contribution >= 4 is 70.2 Å². The number of nitrogens with zero attached hydrogens (tertiary/aromatic N) is 4. The van der Waals surface area contributed by atoms with Crippen molar-refractivity contribution in [1.82, 2.24) is 0 Å². The molecule has 0 N–H and O–H groups in total. The first-order chi connectivity index (χ1) is 57.8. The zero-order chi connectivity index (χ0) is 79.3. The molecule has 3 fully saturated rings. The molecule has 4 heterocycles. The van der Waals surface area contributed by atoms with Gasteiger partial charge in [-0.1, -0.05) is 326 Å². The van der Waals surface area contributed by atoms with Crippen LogP contribution in [0.5, 0.6) is 11.5 Å². The van der Waals surface area contributed by atoms with E-state index in [1.54, 1.807) is 0 Å². The van der Waals surface area contributed by atoms with Crippen molar-refractivity contribution in [3.63, 3.8) is 0 Å². The molecule has 6 unspecified atom stereocenters. The highest BCUT2D eigenvalue weighted by Crippen LogP contribution is 2.63. The van der Waals surface area contributed by atoms with Crippen LogP contribution >= 0.6 is 11.8 Å². The fraction of sp³-hybridized carbons (Fsp3) is 0.200. The third-order valence-corrected chi connectivity index (χ3v) is 28.3. The van der Waals surface area contributed by atoms with Crippen molar-refractivity contribution in [2.75, 3.05) is 19.6 Å². The van der Waals surface area contributed by atoms with Gasteiger partial charge < -0.3 is 24.3 Å². The van der Waals surface area contributed by atoms with E-state index in [-0.39, 0.29) is 65.1 Å². The van der Waals surface area contributed by atoms with E-state index in [0.717, 1.165) is 67.1 Å². The molecule has 13 aromatic carbocycles. The Balaban J connectivity index is 0.808. The number of para-hydroxylation sites is 3. The number of hydrogen-bond donors (Lipinski definition) is 0. The molecule has 576 valence electrons. The molecule has 4 aliphatic heterocycles. The first kappa shape index (κ1) is 73.6. The van der Waals surface area contributed by atoms with E-state index < -0.39 is 0 Å². The number of rotatable bonds is 14. The number of benzene rings is 13. The van der Waals surface area contributed by atoms with Crippen molar-refractivity contribution in [1.29, 1.82) is 0 Å². The van der Waals surface area contributed by atoms with Crippen molar-refractivity contribution in [3.8, 4) is 67.1 Å². The van der Waals surface area contributed by atoms with E-state index in [1.807, 2.05) is 11.8 Å². The van der Waals surface area contributed by atoms with Crippen LogP contribution in [0.3, 0.4) is 0 Å². The van der Waals surface area contributed by atoms with Crippen LogP contribution in [0.4, 0.5) is 34.1 Å². The van der Waals surface area contributed by atoms with Gasteiger partial charge >= 0.3 is 0 Å². The van der Waals surface area contributed by atoms with Gasteiger partial charge in [0.15, 0.2) is 6.71 Å². The molecule has 0 spiro atoms. The van der Waals surface area contributed by atoms with Gasteiger partial charge in [-0.15, -0.1) is 11.8 Å². The average molecular weight is 1550 g/mol. The Labute approximate surface area is 702 Å². The highest BCUT2D eigenvalue weighted by atomic mass is 32.2. The first-order valence-corrected chi connectivity index (χ1v) is 43.9. The molecule has 13 aromatic rings. The average Bonchev–Trinajstić information content (AvgIpc) is 0.683. The highest BCUT2D eigenvalue weighted by Gasteiger charge is 2.60. The Kier molecular flexibility index (Phi) is 18.8. The van der Waals surface area contributed by atoms with Gasteiger partial charge in [0.25, 0.3) is 0 Å². The number of hydrogen-bond acceptors (Lipinski definition) is 6. The summed E-state index contributed by atoms with van der Waals surface area (Å²) >= 11 is 2.05. The molecule has 2 saturated heterocycles. The Bertz CT molecular complexity index is 5910. The van der Waals surface area contributed by atoms with Crippen LogP contribution in [0, 0.1) is 0 Å². The molecule has 0 bridgehead atoms. The van der Waals surface area contributed by atoms with Crippen LogP contribution in [0.2, 0.25) is 17.5 Å². The van der Waals surface area contributed by atoms with E-state index in [4.69, 9.17) is 4.74 Å². The fourth-order valence-corrected chi connectivity index (χ4v) is 22.7. The third kappa shape index (κ3) is 13.3. The number of fused-ring (bicyclic) bond motifs is 8. The van der Waals surface area contributed by atoms with Crippen LogP contribution in [0.25, 0.3) is 55.6 Å². The Hall–Kier alpha value is -12.0. The summed E-state index contributed by atoms with van der Waals surface area (Å²) in [7, 11) is 0. The van der Waals surface area contributed by atoms with Crippen LogP contribution in [0.15, 0.2) is 391 Å². The lowest BCUT2D eigenvalue weighted by Gasteiger charge is -2.61. The van der Waals surface area contributed by atoms with Crippen molar-refractivity contribution in [3.05, 3.63) is 403 Å². The molecule has 8 aliphatic rings. The molecule has 118 heavy (non-hydrogen) atoms. The van der Waals surface area contributed by atoms with E-state index >= 15 is 0 Å². The molecule has 5 nitrogen and oxygen atoms in total. The Morgan fingerprint density at radius 1 is 0.432 bits per heavy atom. The maximum absolute atomic E-state index is 7.46. The van der Waals surface area contributed by atoms with Gasteiger partial charge in [-0.25, -0.2) is 0 Å². The number of thioether (sulfide) groups is 1. The molecule has 1 saturated carbocycles. The normalized spacial score (nSPS) is 20.7. The van der Waals surface area contributed by atoms with Crippen molar-refractivity contribution in [2.24, 2.45) is 0 Å². The minimum atomic E-state index is -0.171. The van der Waals surface area contributed by atoms with Crippen molar-refractivity contribution < 1.29 is 4.74 Å². The van der Waals surface area contributed by atoms with Gasteiger partial charge in [0, 0.05) is 85.1 Å². The van der Waals surface area contributed by atoms with Crippen LogP contribution in [0.1, 0.15) is 103 Å². The van der Waals surface area contributed by atoms with Gasteiger partial charge in [0.2, 0.25) is 6.71 Å². The largest absolute Gasteiger partial charge is 0.458 e. The summed E-state index contributed by atoms with van der Waals surface area (Å²) in [6, 6.07) is 124. The van der Waals surface area contributed by atoms with Gasteiger partial charge in [0.1, 0.15) is 11.5 Å². The van der Waals surface area contributed by atoms with Gasteiger partial charge in [-0.2, -0.15) is 0 Å². The lowest BCUT2D eigenvalue weighted by molar-refractivity contribution is 0.387. The molecule has 4 aliphatic carbocycles. The summed E-state index contributed by atoms with van der Waals surface area (Å²) in [6.07, 6.45) is 22.9. The minimum Gasteiger partial charge on any atom is -0.458 e. The van der Waals surface area contributed by atoms with Gasteiger partial charge in [0.05, 0.1) is 17.4 Å². The van der Waals surface area contributed by atoms with E-state index in [2.05, 4.69) is 425 Å². The summed E-state index contributed by atoms with van der Waals surface area (Å²) in [5, 5.41) is 0.00431. The van der Waals surface area contributed by atoms with Crippen LogP contribution < -0.4 is 35.3 Å². The van der Waals surface area contributed by atoms with E-state index in [9.17, 15) is 0 Å². The molecular formula is C110H98B2N4OS. The molecular weight excluding hydrogens is 1450 g/mol. The summed E-state index contributed by atoms with van der Waals surface area (Å²) < 4.78 is 7.46. The predicted molar refractivity (Wildman–Crippen MR) is 500 cm³/mol. The predicted octanol–water partition coefficient (Wildman–Crippen LogP) is 27.4. The van der Waals surface area contributed by atoms with Crippen LogP contribution in [-0.4, -0.2) is 36.8 Å². The summed E-state index contributed by atoms with van der Waals surface area (Å²) in [5.74, 6) is 2.64. The van der Waals surface area contributed by atoms with Gasteiger partial charge in [-0.05, 0) is 218 Å². The second-order valence-corrected chi connectivity index (χ2v) is 37.2. The highest BCUT2D eigenvalue weighted by molar-refractivity contribution is 8.00. The van der Waals surface area contributed by atoms with Crippen LogP contribution in [-0.2, 0) is 10.8 Å². The van der Waals surface area contributed by atoms with Crippen molar-refractivity contribution in [2.45, 2.75) is 143 Å². The molecule has 21 rings (SSSR count). The first-order valence-electron chi connectivity index (χ1n) is 43.0. The number of allylic oxidation sites excluding steroid dienone is 4.